The fourth-order valence-electron chi connectivity index (χ4n) is 3.35. The summed E-state index contributed by atoms with van der Waals surface area (Å²) in [6, 6.07) is 14.6. The third-order valence-corrected chi connectivity index (χ3v) is 4.90. The van der Waals surface area contributed by atoms with Gasteiger partial charge >= 0.3 is 0 Å². The maximum absolute atomic E-state index is 13.1. The van der Waals surface area contributed by atoms with Crippen molar-refractivity contribution in [3.63, 3.8) is 0 Å². The number of nitrogens with one attached hydrogen (secondary N) is 1. The van der Waals surface area contributed by atoms with E-state index in [1.165, 1.54) is 10.6 Å². The van der Waals surface area contributed by atoms with Crippen LogP contribution in [-0.4, -0.2) is 20.3 Å². The summed E-state index contributed by atoms with van der Waals surface area (Å²) in [7, 11) is 0. The Bertz CT molecular complexity index is 1250. The second-order valence-electron chi connectivity index (χ2n) is 6.96. The lowest BCUT2D eigenvalue weighted by atomic mass is 9.94. The lowest BCUT2D eigenvalue weighted by molar-refractivity contribution is 0.0941. The van der Waals surface area contributed by atoms with Crippen molar-refractivity contribution in [2.24, 2.45) is 0 Å². The van der Waals surface area contributed by atoms with Crippen molar-refractivity contribution in [3.8, 4) is 0 Å². The molecule has 4 rings (SSSR count). The minimum Gasteiger partial charge on any atom is -0.341 e. The van der Waals surface area contributed by atoms with Crippen LogP contribution in [0.3, 0.4) is 0 Å². The molecule has 29 heavy (non-hydrogen) atoms. The van der Waals surface area contributed by atoms with Crippen LogP contribution in [0.5, 0.6) is 0 Å². The molecule has 1 aromatic carbocycles. The second-order valence-corrected chi connectivity index (χ2v) is 6.96. The molecule has 0 bridgehead atoms. The molecule has 0 aliphatic heterocycles. The average Bonchev–Trinajstić information content (AvgIpc) is 2.75. The monoisotopic (exact) mass is 384 g/mol. The number of rotatable bonds is 4. The number of aromatic nitrogens is 3. The van der Waals surface area contributed by atoms with Gasteiger partial charge in [-0.25, -0.2) is 4.98 Å². The number of amides is 1. The lowest BCUT2D eigenvalue weighted by Gasteiger charge is -2.22. The van der Waals surface area contributed by atoms with E-state index in [0.717, 1.165) is 22.3 Å². The Morgan fingerprint density at radius 3 is 2.72 bits per heavy atom. The average molecular weight is 384 g/mol. The number of nitrogens with zero attached hydrogens (tertiary/aromatic N) is 3. The number of carbonyl (C=O) groups excluding carboxylic acids is 1. The van der Waals surface area contributed by atoms with E-state index in [4.69, 9.17) is 0 Å². The number of fused-ring (bicyclic) bond motifs is 1. The minimum absolute atomic E-state index is 0.00658. The van der Waals surface area contributed by atoms with E-state index in [-0.39, 0.29) is 5.56 Å². The highest BCUT2D eigenvalue weighted by Gasteiger charge is 2.22. The van der Waals surface area contributed by atoms with Crippen LogP contribution in [-0.2, 0) is 0 Å². The van der Waals surface area contributed by atoms with Crippen LogP contribution in [0.15, 0.2) is 78.1 Å². The fraction of sp³-hybridized carbons (Fsp3) is 0.130. The SMILES string of the molecule is Cc1ccc(C)c([C@H](NC(=O)c2cnc3ccccn3c2=O)c2cccnc2)c1. The second kappa shape index (κ2) is 7.67. The molecule has 1 atom stereocenters. The largest absolute Gasteiger partial charge is 0.341 e. The number of benzene rings is 1. The molecule has 3 aromatic heterocycles. The van der Waals surface area contributed by atoms with Gasteiger partial charge in [0.2, 0.25) is 0 Å². The maximum atomic E-state index is 13.1. The summed E-state index contributed by atoms with van der Waals surface area (Å²) in [6.45, 7) is 4.00. The smallest absolute Gasteiger partial charge is 0.270 e. The predicted octanol–water partition coefficient (Wildman–Crippen LogP) is 3.23. The van der Waals surface area contributed by atoms with Crippen molar-refractivity contribution in [2.45, 2.75) is 19.9 Å². The first-order chi connectivity index (χ1) is 14.0. The predicted molar refractivity (Wildman–Crippen MR) is 111 cm³/mol. The summed E-state index contributed by atoms with van der Waals surface area (Å²) in [6.07, 6.45) is 6.34. The van der Waals surface area contributed by atoms with Crippen LogP contribution in [0.25, 0.3) is 5.65 Å². The molecule has 4 aromatic rings. The molecule has 0 fully saturated rings. The summed E-state index contributed by atoms with van der Waals surface area (Å²) >= 11 is 0. The molecule has 0 radical (unpaired) electrons. The quantitative estimate of drug-likeness (QED) is 0.586. The summed E-state index contributed by atoms with van der Waals surface area (Å²) in [5, 5.41) is 3.01. The standard InChI is InChI=1S/C23H20N4O2/c1-15-8-9-16(2)18(12-15)21(17-6-5-10-24-13-17)26-22(28)19-14-25-20-7-3-4-11-27(20)23(19)29/h3-14,21H,1-2H3,(H,26,28)/t21-/m1/s1. The van der Waals surface area contributed by atoms with Crippen LogP contribution < -0.4 is 10.9 Å². The van der Waals surface area contributed by atoms with E-state index in [0.29, 0.717) is 5.65 Å². The third kappa shape index (κ3) is 3.65. The minimum atomic E-state index is -0.476. The summed E-state index contributed by atoms with van der Waals surface area (Å²) in [5.74, 6) is -0.476. The summed E-state index contributed by atoms with van der Waals surface area (Å²) < 4.78 is 1.37. The molecule has 144 valence electrons. The van der Waals surface area contributed by atoms with Gasteiger partial charge in [-0.3, -0.25) is 19.0 Å². The molecule has 0 aliphatic rings. The highest BCUT2D eigenvalue weighted by molar-refractivity contribution is 5.94. The Balaban J connectivity index is 1.77. The molecule has 0 aliphatic carbocycles. The van der Waals surface area contributed by atoms with E-state index in [2.05, 4.69) is 15.3 Å². The molecule has 0 unspecified atom stereocenters. The Hall–Kier alpha value is -3.80. The number of aryl methyl sites for hydroxylation is 2. The number of pyridine rings is 2. The van der Waals surface area contributed by atoms with Crippen LogP contribution >= 0.6 is 0 Å². The van der Waals surface area contributed by atoms with Gasteiger partial charge in [0.1, 0.15) is 11.2 Å². The van der Waals surface area contributed by atoms with E-state index < -0.39 is 17.5 Å². The van der Waals surface area contributed by atoms with Crippen molar-refractivity contribution in [3.05, 3.63) is 111 Å². The molecule has 6 nitrogen and oxygen atoms in total. The van der Waals surface area contributed by atoms with Gasteiger partial charge < -0.3 is 5.32 Å². The Kier molecular flexibility index (Phi) is 4.91. The van der Waals surface area contributed by atoms with Gasteiger partial charge in [0.25, 0.3) is 11.5 Å². The van der Waals surface area contributed by atoms with Gasteiger partial charge in [-0.2, -0.15) is 0 Å². The molecule has 0 spiro atoms. The van der Waals surface area contributed by atoms with Crippen molar-refractivity contribution in [1.29, 1.82) is 0 Å². The van der Waals surface area contributed by atoms with Crippen LogP contribution in [0.4, 0.5) is 0 Å². The molecule has 3 heterocycles. The molecule has 6 heteroatoms. The van der Waals surface area contributed by atoms with Crippen molar-refractivity contribution in [2.75, 3.05) is 0 Å². The summed E-state index contributed by atoms with van der Waals surface area (Å²) in [4.78, 5) is 34.3. The topological polar surface area (TPSA) is 76.4 Å². The zero-order valence-corrected chi connectivity index (χ0v) is 16.2. The van der Waals surface area contributed by atoms with Gasteiger partial charge in [-0.05, 0) is 48.7 Å². The molecule has 1 amide bonds. The third-order valence-electron chi connectivity index (χ3n) is 4.90. The molecule has 1 N–H and O–H groups in total. The van der Waals surface area contributed by atoms with Crippen LogP contribution in [0, 0.1) is 13.8 Å². The number of carbonyl (C=O) groups is 1. The van der Waals surface area contributed by atoms with Crippen LogP contribution in [0.2, 0.25) is 0 Å². The molecule has 0 saturated heterocycles. The van der Waals surface area contributed by atoms with Crippen molar-refractivity contribution < 1.29 is 4.79 Å². The zero-order chi connectivity index (χ0) is 20.4. The highest BCUT2D eigenvalue weighted by atomic mass is 16.2. The molecular formula is C23H20N4O2. The van der Waals surface area contributed by atoms with Gasteiger partial charge in [0, 0.05) is 24.8 Å². The first-order valence-corrected chi connectivity index (χ1v) is 9.29. The van der Waals surface area contributed by atoms with Crippen molar-refractivity contribution >= 4 is 11.6 Å². The van der Waals surface area contributed by atoms with E-state index in [9.17, 15) is 9.59 Å². The number of hydrogen-bond acceptors (Lipinski definition) is 4. The van der Waals surface area contributed by atoms with Crippen molar-refractivity contribution in [1.82, 2.24) is 19.7 Å². The number of hydrogen-bond donors (Lipinski definition) is 1. The van der Waals surface area contributed by atoms with Gasteiger partial charge in [-0.1, -0.05) is 35.9 Å². The fourth-order valence-corrected chi connectivity index (χ4v) is 3.35. The Morgan fingerprint density at radius 2 is 1.93 bits per heavy atom. The van der Waals surface area contributed by atoms with E-state index >= 15 is 0 Å². The maximum Gasteiger partial charge on any atom is 0.270 e. The van der Waals surface area contributed by atoms with Crippen LogP contribution in [0.1, 0.15) is 38.7 Å². The zero-order valence-electron chi connectivity index (χ0n) is 16.2. The summed E-state index contributed by atoms with van der Waals surface area (Å²) in [5.41, 5.74) is 4.00. The first-order valence-electron chi connectivity index (χ1n) is 9.29. The van der Waals surface area contributed by atoms with E-state index in [1.807, 2.05) is 44.2 Å². The molecule has 0 saturated carbocycles. The first kappa shape index (κ1) is 18.6. The van der Waals surface area contributed by atoms with Gasteiger partial charge in [0.05, 0.1) is 6.04 Å². The molecular weight excluding hydrogens is 364 g/mol. The Morgan fingerprint density at radius 1 is 1.07 bits per heavy atom. The van der Waals surface area contributed by atoms with E-state index in [1.54, 1.807) is 36.8 Å². The van der Waals surface area contributed by atoms with Gasteiger partial charge in [-0.15, -0.1) is 0 Å². The van der Waals surface area contributed by atoms with Gasteiger partial charge in [0.15, 0.2) is 0 Å². The normalized spacial score (nSPS) is 11.9. The Labute approximate surface area is 167 Å². The highest BCUT2D eigenvalue weighted by Crippen LogP contribution is 2.25. The lowest BCUT2D eigenvalue weighted by Crippen LogP contribution is -2.35.